The largest absolute Gasteiger partial charge is 0.481 e. The third-order valence-electron chi connectivity index (χ3n) is 3.94. The van der Waals surface area contributed by atoms with Crippen LogP contribution in [-0.2, 0) is 11.2 Å². The predicted octanol–water partition coefficient (Wildman–Crippen LogP) is 1.78. The highest BCUT2D eigenvalue weighted by atomic mass is 16.4. The van der Waals surface area contributed by atoms with Crippen LogP contribution in [0, 0.1) is 11.8 Å². The van der Waals surface area contributed by atoms with Crippen molar-refractivity contribution in [2.24, 2.45) is 11.8 Å². The van der Waals surface area contributed by atoms with Crippen molar-refractivity contribution in [2.75, 3.05) is 0 Å². The average Bonchev–Trinajstić information content (AvgIpc) is 3.14. The summed E-state index contributed by atoms with van der Waals surface area (Å²) in [5, 5.41) is 11.8. The van der Waals surface area contributed by atoms with E-state index in [1.807, 2.05) is 6.08 Å². The van der Waals surface area contributed by atoms with Crippen molar-refractivity contribution in [1.82, 2.24) is 10.3 Å². The van der Waals surface area contributed by atoms with Gasteiger partial charge >= 0.3 is 5.97 Å². The van der Waals surface area contributed by atoms with Crippen LogP contribution >= 0.6 is 0 Å². The van der Waals surface area contributed by atoms with E-state index in [9.17, 15) is 9.59 Å². The molecule has 0 saturated heterocycles. The number of amides is 1. The molecule has 1 aromatic rings. The molecule has 0 aromatic carbocycles. The van der Waals surface area contributed by atoms with E-state index in [4.69, 9.17) is 9.52 Å². The van der Waals surface area contributed by atoms with Gasteiger partial charge in [-0.25, -0.2) is 4.98 Å². The van der Waals surface area contributed by atoms with Gasteiger partial charge < -0.3 is 14.8 Å². The lowest BCUT2D eigenvalue weighted by molar-refractivity contribution is -0.142. The molecule has 0 spiro atoms. The molecule has 2 atom stereocenters. The van der Waals surface area contributed by atoms with Gasteiger partial charge in [0, 0.05) is 12.5 Å². The quantitative estimate of drug-likeness (QED) is 0.806. The third-order valence-corrected chi connectivity index (χ3v) is 3.94. The molecule has 1 amide bonds. The van der Waals surface area contributed by atoms with E-state index in [0.29, 0.717) is 24.7 Å². The molecule has 2 N–H and O–H groups in total. The highest BCUT2D eigenvalue weighted by Gasteiger charge is 2.27. The van der Waals surface area contributed by atoms with Crippen LogP contribution < -0.4 is 5.32 Å². The Hall–Kier alpha value is -2.11. The Balaban J connectivity index is 1.57. The standard InChI is InChI=1S/C15H18N2O4/c18-14(12-8-21-13(17-12)6-9-4-5-9)16-11-3-1-2-10(7-11)15(19)20/h1,3,8-11H,2,4-7H2,(H,16,18)(H,19,20)/t10-,11-/m1/s1. The fourth-order valence-corrected chi connectivity index (χ4v) is 2.52. The molecule has 1 heterocycles. The Morgan fingerprint density at radius 1 is 1.43 bits per heavy atom. The molecule has 0 bridgehead atoms. The minimum atomic E-state index is -0.827. The minimum Gasteiger partial charge on any atom is -0.481 e. The Morgan fingerprint density at radius 3 is 2.95 bits per heavy atom. The second-order valence-electron chi connectivity index (χ2n) is 5.79. The van der Waals surface area contributed by atoms with Crippen molar-refractivity contribution in [2.45, 2.75) is 38.1 Å². The van der Waals surface area contributed by atoms with E-state index in [1.54, 1.807) is 6.08 Å². The van der Waals surface area contributed by atoms with Gasteiger partial charge in [-0.3, -0.25) is 9.59 Å². The number of oxazole rings is 1. The van der Waals surface area contributed by atoms with Crippen LogP contribution in [0.1, 0.15) is 42.1 Å². The first kappa shape index (κ1) is 13.9. The summed E-state index contributed by atoms with van der Waals surface area (Å²) in [4.78, 5) is 27.3. The number of aliphatic carboxylic acids is 1. The van der Waals surface area contributed by atoms with Gasteiger partial charge in [-0.15, -0.1) is 0 Å². The second-order valence-corrected chi connectivity index (χ2v) is 5.79. The summed E-state index contributed by atoms with van der Waals surface area (Å²) in [7, 11) is 0. The molecule has 0 unspecified atom stereocenters. The van der Waals surface area contributed by atoms with Crippen LogP contribution in [0.25, 0.3) is 0 Å². The van der Waals surface area contributed by atoms with Crippen LogP contribution in [0.4, 0.5) is 0 Å². The van der Waals surface area contributed by atoms with E-state index < -0.39 is 11.9 Å². The van der Waals surface area contributed by atoms with Gasteiger partial charge in [0.15, 0.2) is 11.6 Å². The van der Waals surface area contributed by atoms with Crippen molar-refractivity contribution in [1.29, 1.82) is 0 Å². The fraction of sp³-hybridized carbons (Fsp3) is 0.533. The first-order valence-electron chi connectivity index (χ1n) is 7.26. The molecule has 0 radical (unpaired) electrons. The lowest BCUT2D eigenvalue weighted by Gasteiger charge is -2.22. The number of aromatic nitrogens is 1. The summed E-state index contributed by atoms with van der Waals surface area (Å²) in [6.07, 6.45) is 9.12. The van der Waals surface area contributed by atoms with E-state index in [1.165, 1.54) is 19.1 Å². The topological polar surface area (TPSA) is 92.4 Å². The molecular formula is C15H18N2O4. The Labute approximate surface area is 122 Å². The molecule has 1 saturated carbocycles. The van der Waals surface area contributed by atoms with Gasteiger partial charge in [0.1, 0.15) is 6.26 Å². The monoisotopic (exact) mass is 290 g/mol. The van der Waals surface area contributed by atoms with Crippen molar-refractivity contribution in [3.63, 3.8) is 0 Å². The van der Waals surface area contributed by atoms with Crippen LogP contribution in [0.15, 0.2) is 22.8 Å². The highest BCUT2D eigenvalue weighted by molar-refractivity contribution is 5.92. The summed E-state index contributed by atoms with van der Waals surface area (Å²) in [6.45, 7) is 0. The van der Waals surface area contributed by atoms with E-state index in [2.05, 4.69) is 10.3 Å². The Morgan fingerprint density at radius 2 is 2.24 bits per heavy atom. The van der Waals surface area contributed by atoms with Crippen molar-refractivity contribution in [3.05, 3.63) is 30.0 Å². The number of allylic oxidation sites excluding steroid dienone is 1. The zero-order chi connectivity index (χ0) is 14.8. The van der Waals surface area contributed by atoms with Gasteiger partial charge in [-0.1, -0.05) is 12.2 Å². The number of hydrogen-bond donors (Lipinski definition) is 2. The maximum absolute atomic E-state index is 12.1. The van der Waals surface area contributed by atoms with Crippen LogP contribution in [0.5, 0.6) is 0 Å². The summed E-state index contributed by atoms with van der Waals surface area (Å²) in [6, 6.07) is -0.268. The summed E-state index contributed by atoms with van der Waals surface area (Å²) < 4.78 is 5.30. The summed E-state index contributed by atoms with van der Waals surface area (Å²) in [5.41, 5.74) is 0.261. The lowest BCUT2D eigenvalue weighted by atomic mass is 9.91. The number of carbonyl (C=O) groups is 2. The molecule has 112 valence electrons. The maximum atomic E-state index is 12.1. The molecule has 2 aliphatic rings. The molecular weight excluding hydrogens is 272 g/mol. The normalized spacial score (nSPS) is 24.8. The summed E-state index contributed by atoms with van der Waals surface area (Å²) in [5.74, 6) is -0.335. The first-order chi connectivity index (χ1) is 10.1. The number of carboxylic acid groups (broad SMARTS) is 1. The number of rotatable bonds is 5. The second kappa shape index (κ2) is 5.71. The number of nitrogens with zero attached hydrogens (tertiary/aromatic N) is 1. The van der Waals surface area contributed by atoms with E-state index >= 15 is 0 Å². The van der Waals surface area contributed by atoms with Crippen LogP contribution in [-0.4, -0.2) is 28.0 Å². The molecule has 6 nitrogen and oxygen atoms in total. The lowest BCUT2D eigenvalue weighted by Crippen LogP contribution is -2.37. The molecule has 3 rings (SSSR count). The molecule has 0 aliphatic heterocycles. The first-order valence-corrected chi connectivity index (χ1v) is 7.26. The predicted molar refractivity (Wildman–Crippen MR) is 73.7 cm³/mol. The third kappa shape index (κ3) is 3.51. The smallest absolute Gasteiger partial charge is 0.306 e. The molecule has 1 aromatic heterocycles. The minimum absolute atomic E-state index is 0.261. The van der Waals surface area contributed by atoms with Gasteiger partial charge in [-0.05, 0) is 31.6 Å². The van der Waals surface area contributed by atoms with Gasteiger partial charge in [0.25, 0.3) is 5.91 Å². The van der Waals surface area contributed by atoms with E-state index in [0.717, 1.165) is 6.42 Å². The SMILES string of the molecule is O=C(N[C@@H]1C=CC[C@@H](C(=O)O)C1)c1coc(CC2CC2)n1. The van der Waals surface area contributed by atoms with Crippen LogP contribution in [0.2, 0.25) is 0 Å². The number of nitrogens with one attached hydrogen (secondary N) is 1. The van der Waals surface area contributed by atoms with Gasteiger partial charge in [-0.2, -0.15) is 0 Å². The fourth-order valence-electron chi connectivity index (χ4n) is 2.52. The molecule has 2 aliphatic carbocycles. The number of carboxylic acids is 1. The Kier molecular flexibility index (Phi) is 3.77. The highest BCUT2D eigenvalue weighted by Crippen LogP contribution is 2.32. The van der Waals surface area contributed by atoms with Crippen molar-refractivity contribution < 1.29 is 19.1 Å². The zero-order valence-electron chi connectivity index (χ0n) is 11.6. The maximum Gasteiger partial charge on any atom is 0.306 e. The zero-order valence-corrected chi connectivity index (χ0v) is 11.6. The molecule has 1 fully saturated rings. The van der Waals surface area contributed by atoms with Crippen LogP contribution in [0.3, 0.4) is 0 Å². The number of hydrogen-bond acceptors (Lipinski definition) is 4. The van der Waals surface area contributed by atoms with Crippen molar-refractivity contribution in [3.8, 4) is 0 Å². The molecule has 6 heteroatoms. The van der Waals surface area contributed by atoms with Gasteiger partial charge in [0.05, 0.1) is 5.92 Å². The van der Waals surface area contributed by atoms with E-state index in [-0.39, 0.29) is 17.6 Å². The Bertz CT molecular complexity index is 574. The number of carbonyl (C=O) groups excluding carboxylic acids is 1. The summed E-state index contributed by atoms with van der Waals surface area (Å²) >= 11 is 0. The molecule has 21 heavy (non-hydrogen) atoms. The van der Waals surface area contributed by atoms with Gasteiger partial charge in [0.2, 0.25) is 0 Å². The van der Waals surface area contributed by atoms with Crippen molar-refractivity contribution >= 4 is 11.9 Å². The average molecular weight is 290 g/mol.